The Kier molecular flexibility index (Phi) is 7.47. The van der Waals surface area contributed by atoms with Crippen LogP contribution in [0.2, 0.25) is 0 Å². The van der Waals surface area contributed by atoms with Crippen molar-refractivity contribution in [2.24, 2.45) is 11.5 Å². The van der Waals surface area contributed by atoms with Crippen LogP contribution < -0.4 is 32.2 Å². The first kappa shape index (κ1) is 25.6. The maximum absolute atomic E-state index is 14.8. The molecule has 200 valence electrons. The van der Waals surface area contributed by atoms with E-state index in [9.17, 15) is 14.6 Å². The highest BCUT2D eigenvalue weighted by Gasteiger charge is 2.25. The molecule has 0 saturated heterocycles. The van der Waals surface area contributed by atoms with Crippen LogP contribution in [-0.2, 0) is 6.42 Å². The SMILES string of the molecule is NCCNc1cc2c(c(Nc3ncc(F)c(Nc4ccc(O)c(O)c4OC4CCC[C@H](N)C4)n3)c1)CC=C2. The van der Waals surface area contributed by atoms with Gasteiger partial charge in [-0.1, -0.05) is 12.2 Å². The number of aromatic nitrogens is 2. The molecule has 10 nitrogen and oxygen atoms in total. The second kappa shape index (κ2) is 11.1. The van der Waals surface area contributed by atoms with E-state index in [1.165, 1.54) is 12.1 Å². The fourth-order valence-corrected chi connectivity index (χ4v) is 4.80. The zero-order valence-corrected chi connectivity index (χ0v) is 20.9. The summed E-state index contributed by atoms with van der Waals surface area (Å²) >= 11 is 0. The van der Waals surface area contributed by atoms with E-state index in [0.717, 1.165) is 54.4 Å². The first-order valence-electron chi connectivity index (χ1n) is 12.7. The molecule has 9 N–H and O–H groups in total. The van der Waals surface area contributed by atoms with E-state index in [1.54, 1.807) is 0 Å². The third kappa shape index (κ3) is 5.58. The number of phenolic OH excluding ortho intramolecular Hbond substituents is 2. The number of fused-ring (bicyclic) bond motifs is 1. The molecule has 0 spiro atoms. The van der Waals surface area contributed by atoms with E-state index < -0.39 is 11.6 Å². The number of ether oxygens (including phenoxy) is 1. The number of anilines is 5. The fourth-order valence-electron chi connectivity index (χ4n) is 4.80. The number of hydrogen-bond donors (Lipinski definition) is 7. The molecule has 2 aliphatic rings. The Morgan fingerprint density at radius 1 is 1.13 bits per heavy atom. The summed E-state index contributed by atoms with van der Waals surface area (Å²) in [5.74, 6) is -1.40. The van der Waals surface area contributed by atoms with Crippen molar-refractivity contribution in [3.05, 3.63) is 53.5 Å². The van der Waals surface area contributed by atoms with Gasteiger partial charge in [-0.05, 0) is 67.5 Å². The van der Waals surface area contributed by atoms with E-state index in [2.05, 4.69) is 38.1 Å². The van der Waals surface area contributed by atoms with Crippen LogP contribution in [0.5, 0.6) is 17.2 Å². The third-order valence-corrected chi connectivity index (χ3v) is 6.68. The molecule has 0 bridgehead atoms. The van der Waals surface area contributed by atoms with Crippen LogP contribution in [0.3, 0.4) is 0 Å². The molecule has 0 aliphatic heterocycles. The predicted molar refractivity (Wildman–Crippen MR) is 146 cm³/mol. The van der Waals surface area contributed by atoms with E-state index in [-0.39, 0.29) is 41.1 Å². The van der Waals surface area contributed by atoms with Crippen molar-refractivity contribution in [2.45, 2.75) is 44.2 Å². The molecule has 2 aliphatic carbocycles. The average Bonchev–Trinajstić information content (AvgIpc) is 3.38. The summed E-state index contributed by atoms with van der Waals surface area (Å²) in [6.07, 6.45) is 8.86. The van der Waals surface area contributed by atoms with Gasteiger partial charge in [-0.15, -0.1) is 0 Å². The van der Waals surface area contributed by atoms with E-state index in [1.807, 2.05) is 12.1 Å². The number of nitrogens with zero attached hydrogens (tertiary/aromatic N) is 2. The van der Waals surface area contributed by atoms with E-state index in [4.69, 9.17) is 16.2 Å². The summed E-state index contributed by atoms with van der Waals surface area (Å²) in [7, 11) is 0. The Labute approximate surface area is 219 Å². The Morgan fingerprint density at radius 3 is 2.82 bits per heavy atom. The molecular formula is C27H32FN7O3. The lowest BCUT2D eigenvalue weighted by atomic mass is 9.93. The number of allylic oxidation sites excluding steroid dienone is 1. The van der Waals surface area contributed by atoms with Gasteiger partial charge in [0.15, 0.2) is 23.1 Å². The predicted octanol–water partition coefficient (Wildman–Crippen LogP) is 4.10. The second-order valence-corrected chi connectivity index (χ2v) is 9.53. The average molecular weight is 522 g/mol. The van der Waals surface area contributed by atoms with Crippen molar-refractivity contribution in [1.29, 1.82) is 0 Å². The van der Waals surface area contributed by atoms with Crippen LogP contribution in [0.25, 0.3) is 6.08 Å². The largest absolute Gasteiger partial charge is 0.504 e. The number of aromatic hydroxyl groups is 2. The lowest BCUT2D eigenvalue weighted by molar-refractivity contribution is 0.140. The van der Waals surface area contributed by atoms with Gasteiger partial charge < -0.3 is 42.4 Å². The Bertz CT molecular complexity index is 1350. The molecule has 38 heavy (non-hydrogen) atoms. The Hall–Kier alpha value is -4.09. The van der Waals surface area contributed by atoms with Crippen molar-refractivity contribution in [2.75, 3.05) is 29.0 Å². The molecule has 1 fully saturated rings. The van der Waals surface area contributed by atoms with Gasteiger partial charge in [0.25, 0.3) is 0 Å². The van der Waals surface area contributed by atoms with E-state index in [0.29, 0.717) is 19.5 Å². The molecule has 1 aromatic heterocycles. The van der Waals surface area contributed by atoms with Gasteiger partial charge in [-0.3, -0.25) is 0 Å². The van der Waals surface area contributed by atoms with Gasteiger partial charge in [0, 0.05) is 30.5 Å². The van der Waals surface area contributed by atoms with Crippen molar-refractivity contribution in [3.63, 3.8) is 0 Å². The smallest absolute Gasteiger partial charge is 0.229 e. The summed E-state index contributed by atoms with van der Waals surface area (Å²) < 4.78 is 20.9. The minimum atomic E-state index is -0.695. The number of hydrogen-bond acceptors (Lipinski definition) is 10. The first-order chi connectivity index (χ1) is 18.4. The minimum absolute atomic E-state index is 0.00166. The molecule has 2 atom stereocenters. The fraction of sp³-hybridized carbons (Fsp3) is 0.333. The van der Waals surface area contributed by atoms with Crippen LogP contribution in [0.4, 0.5) is 33.2 Å². The number of phenols is 2. The van der Waals surface area contributed by atoms with Crippen molar-refractivity contribution in [3.8, 4) is 17.2 Å². The monoisotopic (exact) mass is 521 g/mol. The maximum Gasteiger partial charge on any atom is 0.229 e. The molecule has 3 aromatic rings. The van der Waals surface area contributed by atoms with E-state index >= 15 is 0 Å². The number of halogens is 1. The van der Waals surface area contributed by atoms with Crippen LogP contribution in [0.15, 0.2) is 36.5 Å². The van der Waals surface area contributed by atoms with Crippen LogP contribution in [0.1, 0.15) is 36.8 Å². The molecule has 11 heteroatoms. The molecule has 0 amide bonds. The van der Waals surface area contributed by atoms with Gasteiger partial charge in [0.2, 0.25) is 11.7 Å². The van der Waals surface area contributed by atoms with Crippen LogP contribution >= 0.6 is 0 Å². The number of benzene rings is 2. The molecule has 1 heterocycles. The van der Waals surface area contributed by atoms with Crippen LogP contribution in [0, 0.1) is 5.82 Å². The topological polar surface area (TPSA) is 164 Å². The van der Waals surface area contributed by atoms with Gasteiger partial charge in [-0.2, -0.15) is 4.98 Å². The maximum atomic E-state index is 14.8. The number of rotatable bonds is 9. The second-order valence-electron chi connectivity index (χ2n) is 9.53. The highest BCUT2D eigenvalue weighted by atomic mass is 19.1. The van der Waals surface area contributed by atoms with Crippen molar-refractivity contribution in [1.82, 2.24) is 9.97 Å². The summed E-state index contributed by atoms with van der Waals surface area (Å²) in [6, 6.07) is 6.78. The van der Waals surface area contributed by atoms with Gasteiger partial charge in [0.05, 0.1) is 11.9 Å². The molecule has 0 radical (unpaired) electrons. The quantitative estimate of drug-likeness (QED) is 0.161. The standard InChI is InChI=1S/C27H32FN7O3/c28-20-14-32-27(34-22-13-17(31-10-9-29)11-15-3-1-6-19(15)22)35-26(20)33-21-7-8-23(36)24(37)25(21)38-18-5-2-4-16(30)12-18/h1,3,7-8,11,13-14,16,18,31,36-37H,2,4-6,9-10,12,29-30H2,(H2,32,33,34,35)/t16-,18?/m0/s1. The Morgan fingerprint density at radius 2 is 2.00 bits per heavy atom. The lowest BCUT2D eigenvalue weighted by Gasteiger charge is -2.28. The highest BCUT2D eigenvalue weighted by molar-refractivity contribution is 5.77. The first-order valence-corrected chi connectivity index (χ1v) is 12.7. The third-order valence-electron chi connectivity index (χ3n) is 6.68. The molecule has 5 rings (SSSR count). The number of nitrogens with one attached hydrogen (secondary N) is 3. The lowest BCUT2D eigenvalue weighted by Crippen LogP contribution is -2.33. The Balaban J connectivity index is 1.41. The zero-order valence-electron chi connectivity index (χ0n) is 20.9. The van der Waals surface area contributed by atoms with Gasteiger partial charge >= 0.3 is 0 Å². The number of nitrogens with two attached hydrogens (primary N) is 2. The van der Waals surface area contributed by atoms with Crippen molar-refractivity contribution >= 4 is 34.9 Å². The van der Waals surface area contributed by atoms with Crippen molar-refractivity contribution < 1.29 is 19.3 Å². The van der Waals surface area contributed by atoms with Crippen LogP contribution in [-0.4, -0.2) is 45.4 Å². The summed E-state index contributed by atoms with van der Waals surface area (Å²) in [5.41, 5.74) is 15.8. The summed E-state index contributed by atoms with van der Waals surface area (Å²) in [4.78, 5) is 8.46. The zero-order chi connectivity index (χ0) is 26.6. The normalized spacial score (nSPS) is 18.2. The van der Waals surface area contributed by atoms with Gasteiger partial charge in [-0.25, -0.2) is 9.37 Å². The molecule has 1 unspecified atom stereocenters. The summed E-state index contributed by atoms with van der Waals surface area (Å²) in [6.45, 7) is 1.12. The van der Waals surface area contributed by atoms with Gasteiger partial charge in [0.1, 0.15) is 6.10 Å². The minimum Gasteiger partial charge on any atom is -0.504 e. The molecule has 1 saturated carbocycles. The molecule has 2 aromatic carbocycles. The highest BCUT2D eigenvalue weighted by Crippen LogP contribution is 2.44. The summed E-state index contributed by atoms with van der Waals surface area (Å²) in [5, 5.41) is 30.0. The molecular weight excluding hydrogens is 489 g/mol.